The molecule has 176 valence electrons. The number of aliphatic hydroxyl groups is 2. The predicted molar refractivity (Wildman–Crippen MR) is 130 cm³/mol. The molecule has 0 aliphatic rings. The van der Waals surface area contributed by atoms with Gasteiger partial charge in [-0.2, -0.15) is 0 Å². The standard InChI is InChI=1S/C27H56O2/c1-3-5-7-8-9-10-11-12-13-14-15-16-17-18-19-20-22-24-27(29)25-26(28)23-21-6-4-2/h26-29H,3-25H2,1-2H3/t26-,27-/m0/s1. The lowest BCUT2D eigenvalue weighted by molar-refractivity contribution is 0.0681. The van der Waals surface area contributed by atoms with E-state index in [0.29, 0.717) is 6.42 Å². The molecule has 0 aromatic heterocycles. The first-order chi connectivity index (χ1) is 14.2. The van der Waals surface area contributed by atoms with Crippen molar-refractivity contribution in [1.29, 1.82) is 0 Å². The zero-order valence-corrected chi connectivity index (χ0v) is 20.3. The fourth-order valence-corrected chi connectivity index (χ4v) is 4.28. The van der Waals surface area contributed by atoms with Crippen molar-refractivity contribution < 1.29 is 10.2 Å². The van der Waals surface area contributed by atoms with Gasteiger partial charge in [0.2, 0.25) is 0 Å². The second kappa shape index (κ2) is 24.2. The molecule has 0 saturated heterocycles. The second-order valence-corrected chi connectivity index (χ2v) is 9.48. The van der Waals surface area contributed by atoms with Gasteiger partial charge in [-0.25, -0.2) is 0 Å². The first-order valence-electron chi connectivity index (χ1n) is 13.6. The molecule has 29 heavy (non-hydrogen) atoms. The SMILES string of the molecule is CCCCCCCCCCCCCCCCCCC[C@H](O)C[C@@H](O)CCCCC. The van der Waals surface area contributed by atoms with Crippen molar-refractivity contribution in [3.05, 3.63) is 0 Å². The Morgan fingerprint density at radius 2 is 0.621 bits per heavy atom. The molecular formula is C27H56O2. The molecule has 0 aromatic carbocycles. The molecule has 2 nitrogen and oxygen atoms in total. The number of hydrogen-bond donors (Lipinski definition) is 2. The van der Waals surface area contributed by atoms with E-state index in [-0.39, 0.29) is 12.2 Å². The maximum atomic E-state index is 10.0. The van der Waals surface area contributed by atoms with Gasteiger partial charge in [-0.05, 0) is 19.3 Å². The molecule has 2 atom stereocenters. The van der Waals surface area contributed by atoms with Gasteiger partial charge in [0, 0.05) is 0 Å². The average Bonchev–Trinajstić information content (AvgIpc) is 2.70. The molecule has 0 aromatic rings. The minimum atomic E-state index is -0.303. The van der Waals surface area contributed by atoms with Crippen LogP contribution in [-0.4, -0.2) is 22.4 Å². The lowest BCUT2D eigenvalue weighted by Crippen LogP contribution is -2.17. The molecule has 0 heterocycles. The summed E-state index contributed by atoms with van der Waals surface area (Å²) in [7, 11) is 0. The van der Waals surface area contributed by atoms with E-state index in [0.717, 1.165) is 25.7 Å². The zero-order chi connectivity index (χ0) is 21.4. The van der Waals surface area contributed by atoms with Crippen LogP contribution in [0.1, 0.15) is 162 Å². The Kier molecular flexibility index (Phi) is 24.1. The predicted octanol–water partition coefficient (Wildman–Crippen LogP) is 8.72. The quantitative estimate of drug-likeness (QED) is 0.156. The lowest BCUT2D eigenvalue weighted by atomic mass is 10.00. The summed E-state index contributed by atoms with van der Waals surface area (Å²) < 4.78 is 0. The third kappa shape index (κ3) is 24.1. The molecule has 0 aliphatic carbocycles. The molecule has 2 N–H and O–H groups in total. The third-order valence-corrected chi connectivity index (χ3v) is 6.33. The van der Waals surface area contributed by atoms with Gasteiger partial charge in [-0.1, -0.05) is 142 Å². The van der Waals surface area contributed by atoms with E-state index >= 15 is 0 Å². The number of hydrogen-bond acceptors (Lipinski definition) is 2. The molecule has 0 saturated carbocycles. The molecule has 0 bridgehead atoms. The van der Waals surface area contributed by atoms with E-state index in [1.807, 2.05) is 0 Å². The van der Waals surface area contributed by atoms with Gasteiger partial charge in [0.05, 0.1) is 12.2 Å². The van der Waals surface area contributed by atoms with Gasteiger partial charge in [0.15, 0.2) is 0 Å². The summed E-state index contributed by atoms with van der Waals surface area (Å²) in [6.07, 6.45) is 28.7. The normalized spacial score (nSPS) is 13.7. The highest BCUT2D eigenvalue weighted by Crippen LogP contribution is 2.16. The van der Waals surface area contributed by atoms with Crippen LogP contribution in [0.25, 0.3) is 0 Å². The van der Waals surface area contributed by atoms with Gasteiger partial charge < -0.3 is 10.2 Å². The van der Waals surface area contributed by atoms with Crippen LogP contribution in [-0.2, 0) is 0 Å². The Bertz CT molecular complexity index is 292. The lowest BCUT2D eigenvalue weighted by Gasteiger charge is -2.15. The maximum absolute atomic E-state index is 10.0. The van der Waals surface area contributed by atoms with Crippen molar-refractivity contribution in [3.63, 3.8) is 0 Å². The molecular weight excluding hydrogens is 356 g/mol. The molecule has 0 fully saturated rings. The van der Waals surface area contributed by atoms with Gasteiger partial charge in [0.1, 0.15) is 0 Å². The summed E-state index contributed by atoms with van der Waals surface area (Å²) in [4.78, 5) is 0. The van der Waals surface area contributed by atoms with E-state index in [9.17, 15) is 10.2 Å². The monoisotopic (exact) mass is 412 g/mol. The molecule has 0 aliphatic heterocycles. The van der Waals surface area contributed by atoms with Crippen LogP contribution in [0, 0.1) is 0 Å². The van der Waals surface area contributed by atoms with Gasteiger partial charge in [-0.15, -0.1) is 0 Å². The fraction of sp³-hybridized carbons (Fsp3) is 1.00. The molecule has 0 radical (unpaired) electrons. The van der Waals surface area contributed by atoms with Crippen molar-refractivity contribution >= 4 is 0 Å². The molecule has 0 unspecified atom stereocenters. The molecule has 0 rings (SSSR count). The van der Waals surface area contributed by atoms with Crippen LogP contribution in [0.2, 0.25) is 0 Å². The van der Waals surface area contributed by atoms with Crippen LogP contribution in [0.15, 0.2) is 0 Å². The Hall–Kier alpha value is -0.0800. The Labute approximate surface area is 184 Å². The van der Waals surface area contributed by atoms with Crippen LogP contribution >= 0.6 is 0 Å². The summed E-state index contributed by atoms with van der Waals surface area (Å²) >= 11 is 0. The van der Waals surface area contributed by atoms with E-state index in [1.54, 1.807) is 0 Å². The van der Waals surface area contributed by atoms with Crippen LogP contribution in [0.5, 0.6) is 0 Å². The summed E-state index contributed by atoms with van der Waals surface area (Å²) in [5.41, 5.74) is 0. The van der Waals surface area contributed by atoms with E-state index < -0.39 is 0 Å². The highest BCUT2D eigenvalue weighted by atomic mass is 16.3. The van der Waals surface area contributed by atoms with Crippen molar-refractivity contribution in [2.24, 2.45) is 0 Å². The van der Waals surface area contributed by atoms with E-state index in [2.05, 4.69) is 13.8 Å². The topological polar surface area (TPSA) is 40.5 Å². The van der Waals surface area contributed by atoms with Crippen molar-refractivity contribution in [1.82, 2.24) is 0 Å². The third-order valence-electron chi connectivity index (χ3n) is 6.33. The average molecular weight is 413 g/mol. The minimum absolute atomic E-state index is 0.303. The largest absolute Gasteiger partial charge is 0.393 e. The van der Waals surface area contributed by atoms with Crippen molar-refractivity contribution in [2.45, 2.75) is 174 Å². The van der Waals surface area contributed by atoms with Crippen LogP contribution in [0.3, 0.4) is 0 Å². The van der Waals surface area contributed by atoms with Gasteiger partial charge in [-0.3, -0.25) is 0 Å². The number of aliphatic hydroxyl groups excluding tert-OH is 2. The molecule has 0 amide bonds. The summed E-state index contributed by atoms with van der Waals surface area (Å²) in [6.45, 7) is 4.47. The highest BCUT2D eigenvalue weighted by Gasteiger charge is 2.11. The Morgan fingerprint density at radius 1 is 0.379 bits per heavy atom. The van der Waals surface area contributed by atoms with Gasteiger partial charge in [0.25, 0.3) is 0 Å². The fourth-order valence-electron chi connectivity index (χ4n) is 4.28. The molecule has 0 spiro atoms. The van der Waals surface area contributed by atoms with Crippen molar-refractivity contribution in [2.75, 3.05) is 0 Å². The minimum Gasteiger partial charge on any atom is -0.393 e. The first-order valence-corrected chi connectivity index (χ1v) is 13.6. The molecule has 2 heteroatoms. The van der Waals surface area contributed by atoms with Crippen molar-refractivity contribution in [3.8, 4) is 0 Å². The first kappa shape index (κ1) is 28.9. The highest BCUT2D eigenvalue weighted by molar-refractivity contribution is 4.64. The summed E-state index contributed by atoms with van der Waals surface area (Å²) in [5.74, 6) is 0. The smallest absolute Gasteiger partial charge is 0.0564 e. The Morgan fingerprint density at radius 3 is 0.966 bits per heavy atom. The van der Waals surface area contributed by atoms with E-state index in [1.165, 1.54) is 116 Å². The number of rotatable bonds is 24. The summed E-state index contributed by atoms with van der Waals surface area (Å²) in [5, 5.41) is 20.0. The van der Waals surface area contributed by atoms with Crippen LogP contribution in [0.4, 0.5) is 0 Å². The Balaban J connectivity index is 3.18. The maximum Gasteiger partial charge on any atom is 0.0564 e. The summed E-state index contributed by atoms with van der Waals surface area (Å²) in [6, 6.07) is 0. The number of unbranched alkanes of at least 4 members (excludes halogenated alkanes) is 18. The van der Waals surface area contributed by atoms with Gasteiger partial charge >= 0.3 is 0 Å². The van der Waals surface area contributed by atoms with Crippen LogP contribution < -0.4 is 0 Å². The van der Waals surface area contributed by atoms with E-state index in [4.69, 9.17) is 0 Å². The second-order valence-electron chi connectivity index (χ2n) is 9.48. The zero-order valence-electron chi connectivity index (χ0n) is 20.3.